The summed E-state index contributed by atoms with van der Waals surface area (Å²) in [5.41, 5.74) is -0.0123. The van der Waals surface area contributed by atoms with Crippen molar-refractivity contribution in [1.82, 2.24) is 5.32 Å². The van der Waals surface area contributed by atoms with Gasteiger partial charge in [-0.25, -0.2) is 0 Å². The van der Waals surface area contributed by atoms with Crippen LogP contribution in [-0.4, -0.2) is 23.3 Å². The molecule has 14 heavy (non-hydrogen) atoms. The molecule has 2 atom stereocenters. The maximum absolute atomic E-state index is 6.03. The van der Waals surface area contributed by atoms with Crippen molar-refractivity contribution in [2.24, 2.45) is 0 Å². The first-order chi connectivity index (χ1) is 6.27. The zero-order valence-corrected chi connectivity index (χ0v) is 10.5. The molecular weight excluding hydrogens is 174 g/mol. The predicted octanol–water partition coefficient (Wildman–Crippen LogP) is 2.72. The fourth-order valence-corrected chi connectivity index (χ4v) is 2.28. The Labute approximate surface area is 88.4 Å². The third-order valence-corrected chi connectivity index (χ3v) is 3.17. The van der Waals surface area contributed by atoms with Crippen LogP contribution in [-0.2, 0) is 4.74 Å². The van der Waals surface area contributed by atoms with Gasteiger partial charge in [0.1, 0.15) is 0 Å². The van der Waals surface area contributed by atoms with Gasteiger partial charge in [-0.1, -0.05) is 6.92 Å². The molecule has 0 bridgehead atoms. The van der Waals surface area contributed by atoms with Gasteiger partial charge in [0, 0.05) is 12.1 Å². The van der Waals surface area contributed by atoms with Crippen LogP contribution in [0, 0.1) is 0 Å². The van der Waals surface area contributed by atoms with Crippen molar-refractivity contribution in [1.29, 1.82) is 0 Å². The third kappa shape index (κ3) is 2.71. The second-order valence-electron chi connectivity index (χ2n) is 5.70. The van der Waals surface area contributed by atoms with Crippen molar-refractivity contribution in [3.05, 3.63) is 0 Å². The summed E-state index contributed by atoms with van der Waals surface area (Å²) in [6.45, 7) is 13.2. The molecule has 0 amide bonds. The van der Waals surface area contributed by atoms with Crippen molar-refractivity contribution in [2.75, 3.05) is 0 Å². The second kappa shape index (κ2) is 3.82. The van der Waals surface area contributed by atoms with Crippen molar-refractivity contribution in [3.63, 3.8) is 0 Å². The highest BCUT2D eigenvalue weighted by Crippen LogP contribution is 2.37. The van der Waals surface area contributed by atoms with E-state index in [1.807, 2.05) is 0 Å². The summed E-state index contributed by atoms with van der Waals surface area (Å²) in [6.07, 6.45) is 2.28. The van der Waals surface area contributed by atoms with Gasteiger partial charge in [0.05, 0.1) is 11.2 Å². The summed E-state index contributed by atoms with van der Waals surface area (Å²) in [5.74, 6) is 0. The molecule has 1 heterocycles. The van der Waals surface area contributed by atoms with E-state index >= 15 is 0 Å². The van der Waals surface area contributed by atoms with Crippen LogP contribution in [0.15, 0.2) is 0 Å². The quantitative estimate of drug-likeness (QED) is 0.754. The molecule has 1 aliphatic heterocycles. The maximum Gasteiger partial charge on any atom is 0.0787 e. The molecule has 0 aliphatic carbocycles. The summed E-state index contributed by atoms with van der Waals surface area (Å²) in [5, 5.41) is 3.65. The van der Waals surface area contributed by atoms with Gasteiger partial charge in [-0.3, -0.25) is 0 Å². The molecule has 0 aromatic carbocycles. The summed E-state index contributed by atoms with van der Waals surface area (Å²) in [7, 11) is 0. The molecule has 0 aromatic heterocycles. The van der Waals surface area contributed by atoms with Gasteiger partial charge < -0.3 is 10.1 Å². The molecule has 0 spiro atoms. The van der Waals surface area contributed by atoms with Gasteiger partial charge >= 0.3 is 0 Å². The van der Waals surface area contributed by atoms with Gasteiger partial charge in [-0.2, -0.15) is 0 Å². The van der Waals surface area contributed by atoms with Crippen LogP contribution in [0.2, 0.25) is 0 Å². The molecule has 1 N–H and O–H groups in total. The lowest BCUT2D eigenvalue weighted by atomic mass is 9.93. The first-order valence-corrected chi connectivity index (χ1v) is 5.73. The molecule has 1 saturated heterocycles. The molecule has 0 radical (unpaired) electrons. The standard InChI is InChI=1S/C12H25NO/c1-7-9(2)13-10-8-11(3,4)14-12(10,5)6/h9-10,13H,7-8H2,1-6H3. The molecule has 1 fully saturated rings. The average Bonchev–Trinajstić information content (AvgIpc) is 2.19. The Morgan fingerprint density at radius 2 is 1.93 bits per heavy atom. The van der Waals surface area contributed by atoms with Crippen LogP contribution in [0.25, 0.3) is 0 Å². The highest BCUT2D eigenvalue weighted by Gasteiger charge is 2.45. The molecule has 84 valence electrons. The Hall–Kier alpha value is -0.0800. The van der Waals surface area contributed by atoms with Crippen molar-refractivity contribution < 1.29 is 4.74 Å². The van der Waals surface area contributed by atoms with Crippen LogP contribution in [0.4, 0.5) is 0 Å². The number of hydrogen-bond acceptors (Lipinski definition) is 2. The van der Waals surface area contributed by atoms with Crippen molar-refractivity contribution in [2.45, 2.75) is 77.7 Å². The Morgan fingerprint density at radius 1 is 1.36 bits per heavy atom. The number of rotatable bonds is 3. The van der Waals surface area contributed by atoms with Gasteiger partial charge in [0.25, 0.3) is 0 Å². The summed E-state index contributed by atoms with van der Waals surface area (Å²) in [4.78, 5) is 0. The lowest BCUT2D eigenvalue weighted by Gasteiger charge is -2.29. The fraction of sp³-hybridized carbons (Fsp3) is 1.00. The van der Waals surface area contributed by atoms with Gasteiger partial charge in [0.2, 0.25) is 0 Å². The Bertz CT molecular complexity index is 198. The van der Waals surface area contributed by atoms with E-state index in [2.05, 4.69) is 46.9 Å². The van der Waals surface area contributed by atoms with E-state index in [0.717, 1.165) is 6.42 Å². The summed E-state index contributed by atoms with van der Waals surface area (Å²) >= 11 is 0. The molecule has 1 aliphatic rings. The van der Waals surface area contributed by atoms with Crippen molar-refractivity contribution in [3.8, 4) is 0 Å². The number of hydrogen-bond donors (Lipinski definition) is 1. The highest BCUT2D eigenvalue weighted by atomic mass is 16.5. The minimum absolute atomic E-state index is 0.0224. The Kier molecular flexibility index (Phi) is 3.27. The lowest BCUT2D eigenvalue weighted by molar-refractivity contribution is -0.0703. The van der Waals surface area contributed by atoms with E-state index in [4.69, 9.17) is 4.74 Å². The molecule has 0 aromatic rings. The molecule has 0 saturated carbocycles. The predicted molar refractivity (Wildman–Crippen MR) is 60.5 cm³/mol. The van der Waals surface area contributed by atoms with Crippen LogP contribution in [0.3, 0.4) is 0 Å². The minimum Gasteiger partial charge on any atom is -0.368 e. The van der Waals surface area contributed by atoms with E-state index in [-0.39, 0.29) is 11.2 Å². The van der Waals surface area contributed by atoms with E-state index in [1.54, 1.807) is 0 Å². The Morgan fingerprint density at radius 3 is 2.29 bits per heavy atom. The third-order valence-electron chi connectivity index (χ3n) is 3.17. The summed E-state index contributed by atoms with van der Waals surface area (Å²) < 4.78 is 6.03. The molecule has 2 nitrogen and oxygen atoms in total. The zero-order valence-electron chi connectivity index (χ0n) is 10.5. The summed E-state index contributed by atoms with van der Waals surface area (Å²) in [6, 6.07) is 1.06. The first kappa shape index (κ1) is 12.0. The van der Waals surface area contributed by atoms with Gasteiger partial charge in [0.15, 0.2) is 0 Å². The van der Waals surface area contributed by atoms with Crippen molar-refractivity contribution >= 4 is 0 Å². The largest absolute Gasteiger partial charge is 0.368 e. The molecular formula is C12H25NO. The molecule has 2 unspecified atom stereocenters. The molecule has 2 heteroatoms. The van der Waals surface area contributed by atoms with Crippen LogP contribution >= 0.6 is 0 Å². The first-order valence-electron chi connectivity index (χ1n) is 5.73. The number of ether oxygens (including phenoxy) is 1. The smallest absolute Gasteiger partial charge is 0.0787 e. The Balaban J connectivity index is 2.61. The SMILES string of the molecule is CCC(C)NC1CC(C)(C)OC1(C)C. The van der Waals surface area contributed by atoms with E-state index in [0.29, 0.717) is 12.1 Å². The lowest BCUT2D eigenvalue weighted by Crippen LogP contribution is -2.46. The van der Waals surface area contributed by atoms with Crippen LogP contribution in [0.1, 0.15) is 54.4 Å². The second-order valence-corrected chi connectivity index (χ2v) is 5.70. The average molecular weight is 199 g/mol. The highest BCUT2D eigenvalue weighted by molar-refractivity contribution is 4.99. The monoisotopic (exact) mass is 199 g/mol. The maximum atomic E-state index is 6.03. The van der Waals surface area contributed by atoms with Crippen LogP contribution in [0.5, 0.6) is 0 Å². The van der Waals surface area contributed by atoms with Crippen LogP contribution < -0.4 is 5.32 Å². The minimum atomic E-state index is -0.0348. The number of nitrogens with one attached hydrogen (secondary N) is 1. The van der Waals surface area contributed by atoms with E-state index < -0.39 is 0 Å². The zero-order chi connectivity index (χ0) is 11.0. The fourth-order valence-electron chi connectivity index (χ4n) is 2.28. The normalized spacial score (nSPS) is 31.7. The molecule has 1 rings (SSSR count). The van der Waals surface area contributed by atoms with Gasteiger partial charge in [-0.05, 0) is 47.5 Å². The van der Waals surface area contributed by atoms with E-state index in [1.165, 1.54) is 6.42 Å². The van der Waals surface area contributed by atoms with Gasteiger partial charge in [-0.15, -0.1) is 0 Å². The van der Waals surface area contributed by atoms with E-state index in [9.17, 15) is 0 Å². The topological polar surface area (TPSA) is 21.3 Å².